The van der Waals surface area contributed by atoms with E-state index in [1.165, 1.54) is 16.2 Å². The number of ketones is 1. The summed E-state index contributed by atoms with van der Waals surface area (Å²) in [7, 11) is 0. The van der Waals surface area contributed by atoms with Crippen molar-refractivity contribution in [2.24, 2.45) is 0 Å². The quantitative estimate of drug-likeness (QED) is 0.357. The van der Waals surface area contributed by atoms with Crippen LogP contribution in [0.25, 0.3) is 16.0 Å². The maximum atomic E-state index is 14.0. The smallest absolute Gasteiger partial charge is 0.290 e. The number of imidazole rings is 1. The molecule has 4 heterocycles. The van der Waals surface area contributed by atoms with Gasteiger partial charge in [0.05, 0.1) is 27.5 Å². The summed E-state index contributed by atoms with van der Waals surface area (Å²) in [5.74, 6) is -1.45. The number of carbonyl (C=O) groups excluding carboxylic acids is 2. The molecule has 35 heavy (non-hydrogen) atoms. The molecule has 1 aliphatic rings. The maximum absolute atomic E-state index is 14.0. The van der Waals surface area contributed by atoms with Crippen molar-refractivity contribution in [1.82, 2.24) is 19.3 Å². The van der Waals surface area contributed by atoms with Crippen molar-refractivity contribution < 1.29 is 14.7 Å². The van der Waals surface area contributed by atoms with Crippen LogP contribution in [0.4, 0.5) is 0 Å². The number of Topliss-reactive ketones (excluding diaryl/α,β-unsaturated/α-hetero) is 1. The van der Waals surface area contributed by atoms with Gasteiger partial charge < -0.3 is 10.0 Å². The van der Waals surface area contributed by atoms with Gasteiger partial charge in [0.25, 0.3) is 5.91 Å². The number of aryl methyl sites for hydroxylation is 1. The molecular formula is C27H20N4O3S. The molecule has 1 aliphatic heterocycles. The zero-order valence-electron chi connectivity index (χ0n) is 18.8. The number of hydrogen-bond donors (Lipinski definition) is 1. The van der Waals surface area contributed by atoms with Gasteiger partial charge in [0.2, 0.25) is 5.78 Å². The summed E-state index contributed by atoms with van der Waals surface area (Å²) >= 11 is 1.27. The molecule has 7 nitrogen and oxygen atoms in total. The lowest BCUT2D eigenvalue weighted by molar-refractivity contribution is -0.130. The van der Waals surface area contributed by atoms with E-state index >= 15 is 0 Å². The molecule has 0 saturated heterocycles. The van der Waals surface area contributed by atoms with Crippen LogP contribution in [0, 0.1) is 6.92 Å². The number of nitrogens with zero attached hydrogens (tertiary/aromatic N) is 4. The Balaban J connectivity index is 1.47. The molecule has 0 radical (unpaired) electrons. The van der Waals surface area contributed by atoms with Gasteiger partial charge >= 0.3 is 0 Å². The third-order valence-electron chi connectivity index (χ3n) is 6.33. The van der Waals surface area contributed by atoms with Gasteiger partial charge in [-0.3, -0.25) is 19.0 Å². The number of amides is 1. The number of para-hydroxylation sites is 2. The fourth-order valence-electron chi connectivity index (χ4n) is 4.72. The van der Waals surface area contributed by atoms with Crippen molar-refractivity contribution >= 4 is 39.0 Å². The van der Waals surface area contributed by atoms with Crippen LogP contribution in [-0.4, -0.2) is 36.1 Å². The zero-order valence-corrected chi connectivity index (χ0v) is 19.6. The van der Waals surface area contributed by atoms with Crippen LogP contribution in [0.2, 0.25) is 0 Å². The second-order valence-electron chi connectivity index (χ2n) is 8.43. The molecule has 0 bridgehead atoms. The molecule has 3 aromatic heterocycles. The minimum atomic E-state index is -0.720. The zero-order chi connectivity index (χ0) is 24.1. The number of rotatable bonds is 5. The van der Waals surface area contributed by atoms with Crippen molar-refractivity contribution in [2.45, 2.75) is 19.5 Å². The van der Waals surface area contributed by atoms with Crippen molar-refractivity contribution in [1.29, 1.82) is 0 Å². The number of aromatic nitrogens is 3. The first-order valence-corrected chi connectivity index (χ1v) is 12.0. The largest absolute Gasteiger partial charge is 0.503 e. The Labute approximate surface area is 204 Å². The lowest BCUT2D eigenvalue weighted by Gasteiger charge is -2.26. The first-order valence-electron chi connectivity index (χ1n) is 11.1. The van der Waals surface area contributed by atoms with Gasteiger partial charge in [0.1, 0.15) is 0 Å². The normalized spacial score (nSPS) is 16.1. The first kappa shape index (κ1) is 21.2. The van der Waals surface area contributed by atoms with E-state index in [2.05, 4.69) is 9.97 Å². The molecule has 1 atom stereocenters. The van der Waals surface area contributed by atoms with Crippen LogP contribution < -0.4 is 0 Å². The number of benzene rings is 2. The minimum Gasteiger partial charge on any atom is -0.503 e. The summed E-state index contributed by atoms with van der Waals surface area (Å²) in [6, 6.07) is 20.0. The molecule has 172 valence electrons. The average molecular weight is 481 g/mol. The Morgan fingerprint density at radius 1 is 1.06 bits per heavy atom. The average Bonchev–Trinajstić information content (AvgIpc) is 3.49. The molecule has 1 unspecified atom stereocenters. The van der Waals surface area contributed by atoms with Crippen molar-refractivity contribution in [3.63, 3.8) is 0 Å². The Morgan fingerprint density at radius 3 is 2.60 bits per heavy atom. The molecule has 0 aliphatic carbocycles. The standard InChI is InChI=1S/C27H20N4O3S/c1-16-25(35-27-29-19-11-5-6-12-20(19)31(16)27)23(32)21-22(18-9-3-2-4-10-18)30(26(34)24(21)33)15-17-8-7-13-28-14-17/h2-14,22,33H,15H2,1H3. The second kappa shape index (κ2) is 8.18. The van der Waals surface area contributed by atoms with Crippen molar-refractivity contribution in [3.8, 4) is 0 Å². The predicted molar refractivity (Wildman–Crippen MR) is 133 cm³/mol. The van der Waals surface area contributed by atoms with Crippen molar-refractivity contribution in [3.05, 3.63) is 112 Å². The molecule has 1 N–H and O–H groups in total. The Bertz CT molecular complexity index is 1640. The minimum absolute atomic E-state index is 0.0852. The van der Waals surface area contributed by atoms with Crippen LogP contribution >= 0.6 is 11.3 Å². The van der Waals surface area contributed by atoms with E-state index in [-0.39, 0.29) is 17.9 Å². The number of fused-ring (bicyclic) bond motifs is 3. The molecule has 6 rings (SSSR count). The maximum Gasteiger partial charge on any atom is 0.290 e. The van der Waals surface area contributed by atoms with Crippen LogP contribution in [0.5, 0.6) is 0 Å². The van der Waals surface area contributed by atoms with E-state index in [0.717, 1.165) is 27.9 Å². The van der Waals surface area contributed by atoms with Crippen molar-refractivity contribution in [2.75, 3.05) is 0 Å². The Morgan fingerprint density at radius 2 is 1.83 bits per heavy atom. The number of thiazole rings is 1. The molecule has 0 saturated carbocycles. The van der Waals surface area contributed by atoms with Gasteiger partial charge in [-0.05, 0) is 36.2 Å². The second-order valence-corrected chi connectivity index (χ2v) is 9.41. The fourth-order valence-corrected chi connectivity index (χ4v) is 5.81. The van der Waals surface area contributed by atoms with Gasteiger partial charge in [0, 0.05) is 24.6 Å². The van der Waals surface area contributed by atoms with E-state index in [9.17, 15) is 14.7 Å². The molecule has 0 fully saturated rings. The van der Waals surface area contributed by atoms with Gasteiger partial charge in [-0.15, -0.1) is 0 Å². The highest BCUT2D eigenvalue weighted by Crippen LogP contribution is 2.41. The van der Waals surface area contributed by atoms with Gasteiger partial charge in [-0.2, -0.15) is 0 Å². The molecule has 0 spiro atoms. The molecule has 2 aromatic carbocycles. The number of aliphatic hydroxyl groups is 1. The lowest BCUT2D eigenvalue weighted by Crippen LogP contribution is -2.30. The highest BCUT2D eigenvalue weighted by molar-refractivity contribution is 7.19. The topological polar surface area (TPSA) is 87.8 Å². The molecule has 5 aromatic rings. The third-order valence-corrected chi connectivity index (χ3v) is 7.47. The first-order chi connectivity index (χ1) is 17.0. The molecule has 8 heteroatoms. The number of aliphatic hydroxyl groups excluding tert-OH is 1. The lowest BCUT2D eigenvalue weighted by atomic mass is 9.95. The molecule has 1 amide bonds. The Kier molecular flexibility index (Phi) is 4.96. The number of pyridine rings is 1. The Hall–Kier alpha value is -4.30. The predicted octanol–water partition coefficient (Wildman–Crippen LogP) is 5.03. The summed E-state index contributed by atoms with van der Waals surface area (Å²) in [6.07, 6.45) is 3.34. The van der Waals surface area contributed by atoms with Crippen LogP contribution in [-0.2, 0) is 11.3 Å². The highest BCUT2D eigenvalue weighted by atomic mass is 32.1. The summed E-state index contributed by atoms with van der Waals surface area (Å²) in [5, 5.41) is 11.0. The van der Waals surface area contributed by atoms with Crippen LogP contribution in [0.1, 0.15) is 32.5 Å². The van der Waals surface area contributed by atoms with Crippen LogP contribution in [0.15, 0.2) is 90.5 Å². The number of carbonyl (C=O) groups is 2. The summed E-state index contributed by atoms with van der Waals surface area (Å²) < 4.78 is 1.95. The SMILES string of the molecule is Cc1c(C(=O)C2=C(O)C(=O)N(Cc3cccnc3)C2c2ccccc2)sc2nc3ccccc3n12. The monoisotopic (exact) mass is 480 g/mol. The van der Waals surface area contributed by atoms with Crippen LogP contribution in [0.3, 0.4) is 0 Å². The van der Waals surface area contributed by atoms with Gasteiger partial charge in [-0.25, -0.2) is 4.98 Å². The van der Waals surface area contributed by atoms with E-state index in [1.54, 1.807) is 18.5 Å². The van der Waals surface area contributed by atoms with E-state index in [0.29, 0.717) is 9.84 Å². The van der Waals surface area contributed by atoms with Gasteiger partial charge in [-0.1, -0.05) is 59.9 Å². The van der Waals surface area contributed by atoms with E-state index < -0.39 is 17.7 Å². The van der Waals surface area contributed by atoms with E-state index in [1.807, 2.05) is 72.0 Å². The summed E-state index contributed by atoms with van der Waals surface area (Å²) in [5.41, 5.74) is 4.13. The van der Waals surface area contributed by atoms with Gasteiger partial charge in [0.15, 0.2) is 10.7 Å². The summed E-state index contributed by atoms with van der Waals surface area (Å²) in [6.45, 7) is 2.08. The molecular weight excluding hydrogens is 460 g/mol. The third kappa shape index (κ3) is 3.33. The highest BCUT2D eigenvalue weighted by Gasteiger charge is 2.44. The van der Waals surface area contributed by atoms with E-state index in [4.69, 9.17) is 0 Å². The summed E-state index contributed by atoms with van der Waals surface area (Å²) in [4.78, 5) is 38.7. The number of hydrogen-bond acceptors (Lipinski definition) is 6. The fraction of sp³-hybridized carbons (Fsp3) is 0.111.